The van der Waals surface area contributed by atoms with Gasteiger partial charge in [0.1, 0.15) is 5.75 Å². The Hall–Kier alpha value is -2.34. The van der Waals surface area contributed by atoms with Crippen molar-refractivity contribution in [2.45, 2.75) is 64.4 Å². The molecule has 3 heteroatoms. The molecule has 1 nitrogen and oxygen atoms in total. The van der Waals surface area contributed by atoms with Crippen LogP contribution >= 0.6 is 0 Å². The molecule has 2 aromatic carbocycles. The molecule has 0 aliphatic heterocycles. The first-order valence-electron chi connectivity index (χ1n) is 10.3. The molecule has 1 fully saturated rings. The first-order chi connectivity index (χ1) is 13.6. The summed E-state index contributed by atoms with van der Waals surface area (Å²) >= 11 is 0. The molecule has 0 saturated heterocycles. The standard InChI is InChI=1S/C25H28F2O/c1-2-3-4-19-7-13-22(14-8-19)23-15-9-20(10-16-23)5-6-21-11-17-24(18-12-21)28-25(26)27/h9-12,15-19,22,25H,2-4,7-8,13-14H2,1H3/t19-,22-. The van der Waals surface area contributed by atoms with Gasteiger partial charge in [0.05, 0.1) is 0 Å². The molecule has 2 aromatic rings. The van der Waals surface area contributed by atoms with Crippen molar-refractivity contribution in [1.82, 2.24) is 0 Å². The maximum Gasteiger partial charge on any atom is 0.387 e. The Balaban J connectivity index is 1.55. The Kier molecular flexibility index (Phi) is 7.48. The van der Waals surface area contributed by atoms with Crippen LogP contribution in [0, 0.1) is 17.8 Å². The number of halogens is 2. The van der Waals surface area contributed by atoms with Gasteiger partial charge in [0.25, 0.3) is 0 Å². The van der Waals surface area contributed by atoms with Crippen LogP contribution in [-0.4, -0.2) is 6.61 Å². The van der Waals surface area contributed by atoms with Gasteiger partial charge in [0.15, 0.2) is 0 Å². The quantitative estimate of drug-likeness (QED) is 0.482. The van der Waals surface area contributed by atoms with Crippen LogP contribution in [0.4, 0.5) is 8.78 Å². The molecule has 0 radical (unpaired) electrons. The zero-order valence-electron chi connectivity index (χ0n) is 16.5. The zero-order valence-corrected chi connectivity index (χ0v) is 16.5. The van der Waals surface area contributed by atoms with E-state index in [1.807, 2.05) is 0 Å². The molecule has 0 aromatic heterocycles. The average molecular weight is 382 g/mol. The van der Waals surface area contributed by atoms with Crippen molar-refractivity contribution in [3.05, 3.63) is 65.2 Å². The third kappa shape index (κ3) is 6.09. The summed E-state index contributed by atoms with van der Waals surface area (Å²) in [5, 5.41) is 0. The lowest BCUT2D eigenvalue weighted by atomic mass is 9.77. The number of ether oxygens (including phenoxy) is 1. The molecule has 0 bridgehead atoms. The Morgan fingerprint density at radius 1 is 0.893 bits per heavy atom. The van der Waals surface area contributed by atoms with Crippen molar-refractivity contribution in [1.29, 1.82) is 0 Å². The molecule has 148 valence electrons. The van der Waals surface area contributed by atoms with Crippen molar-refractivity contribution in [2.24, 2.45) is 5.92 Å². The lowest BCUT2D eigenvalue weighted by Crippen LogP contribution is -2.13. The number of benzene rings is 2. The molecular weight excluding hydrogens is 354 g/mol. The van der Waals surface area contributed by atoms with E-state index in [2.05, 4.69) is 47.8 Å². The Morgan fingerprint density at radius 2 is 1.46 bits per heavy atom. The number of rotatable bonds is 6. The average Bonchev–Trinajstić information content (AvgIpc) is 2.72. The Morgan fingerprint density at radius 3 is 2.00 bits per heavy atom. The van der Waals surface area contributed by atoms with E-state index in [0.29, 0.717) is 5.92 Å². The maximum atomic E-state index is 12.2. The van der Waals surface area contributed by atoms with Gasteiger partial charge in [-0.15, -0.1) is 0 Å². The lowest BCUT2D eigenvalue weighted by molar-refractivity contribution is -0.0498. The van der Waals surface area contributed by atoms with Gasteiger partial charge in [0.2, 0.25) is 0 Å². The van der Waals surface area contributed by atoms with Crippen LogP contribution in [0.1, 0.15) is 74.5 Å². The molecule has 0 amide bonds. The van der Waals surface area contributed by atoms with E-state index < -0.39 is 6.61 Å². The van der Waals surface area contributed by atoms with E-state index in [1.54, 1.807) is 12.1 Å². The SMILES string of the molecule is CCCC[C@H]1CC[C@H](c2ccc(C#Cc3ccc(OC(F)F)cc3)cc2)CC1. The maximum absolute atomic E-state index is 12.2. The van der Waals surface area contributed by atoms with Crippen LogP contribution in [0.15, 0.2) is 48.5 Å². The molecule has 1 saturated carbocycles. The zero-order chi connectivity index (χ0) is 19.8. The first-order valence-corrected chi connectivity index (χ1v) is 10.3. The van der Waals surface area contributed by atoms with Crippen LogP contribution in [0.3, 0.4) is 0 Å². The van der Waals surface area contributed by atoms with E-state index in [9.17, 15) is 8.78 Å². The summed E-state index contributed by atoms with van der Waals surface area (Å²) < 4.78 is 28.7. The van der Waals surface area contributed by atoms with Gasteiger partial charge in [-0.1, -0.05) is 50.2 Å². The third-order valence-corrected chi connectivity index (χ3v) is 5.63. The number of alkyl halides is 2. The summed E-state index contributed by atoms with van der Waals surface area (Å²) in [7, 11) is 0. The van der Waals surface area contributed by atoms with Gasteiger partial charge >= 0.3 is 6.61 Å². The van der Waals surface area contributed by atoms with Crippen LogP contribution in [-0.2, 0) is 0 Å². The van der Waals surface area contributed by atoms with E-state index in [0.717, 1.165) is 17.0 Å². The molecule has 3 rings (SSSR count). The summed E-state index contributed by atoms with van der Waals surface area (Å²) in [6.07, 6.45) is 9.38. The fourth-order valence-electron chi connectivity index (χ4n) is 3.98. The predicted molar refractivity (Wildman–Crippen MR) is 110 cm³/mol. The van der Waals surface area contributed by atoms with E-state index in [4.69, 9.17) is 0 Å². The topological polar surface area (TPSA) is 9.23 Å². The van der Waals surface area contributed by atoms with Crippen molar-refractivity contribution in [3.8, 4) is 17.6 Å². The molecule has 0 unspecified atom stereocenters. The normalized spacial score (nSPS) is 19.1. The molecule has 1 aliphatic carbocycles. The lowest BCUT2D eigenvalue weighted by Gasteiger charge is -2.28. The summed E-state index contributed by atoms with van der Waals surface area (Å²) in [4.78, 5) is 0. The van der Waals surface area contributed by atoms with Gasteiger partial charge in [0, 0.05) is 11.1 Å². The van der Waals surface area contributed by atoms with Gasteiger partial charge in [-0.25, -0.2) is 0 Å². The largest absolute Gasteiger partial charge is 0.435 e. The summed E-state index contributed by atoms with van der Waals surface area (Å²) in [5.41, 5.74) is 3.16. The first kappa shape index (κ1) is 20.4. The van der Waals surface area contributed by atoms with Crippen LogP contribution < -0.4 is 4.74 Å². The highest BCUT2D eigenvalue weighted by molar-refractivity contribution is 5.45. The minimum atomic E-state index is -2.80. The Bertz CT molecular complexity index is 776. The minimum Gasteiger partial charge on any atom is -0.435 e. The number of unbranched alkanes of at least 4 members (excludes halogenated alkanes) is 1. The summed E-state index contributed by atoms with van der Waals surface area (Å²) in [6, 6.07) is 15.0. The molecule has 0 spiro atoms. The molecule has 28 heavy (non-hydrogen) atoms. The van der Waals surface area contributed by atoms with Gasteiger partial charge in [-0.3, -0.25) is 0 Å². The van der Waals surface area contributed by atoms with Crippen LogP contribution in [0.25, 0.3) is 0 Å². The molecule has 1 aliphatic rings. The molecule has 0 heterocycles. The van der Waals surface area contributed by atoms with Crippen LogP contribution in [0.2, 0.25) is 0 Å². The monoisotopic (exact) mass is 382 g/mol. The van der Waals surface area contributed by atoms with E-state index in [-0.39, 0.29) is 5.75 Å². The second-order valence-corrected chi connectivity index (χ2v) is 7.63. The second-order valence-electron chi connectivity index (χ2n) is 7.63. The van der Waals surface area contributed by atoms with Crippen molar-refractivity contribution < 1.29 is 13.5 Å². The van der Waals surface area contributed by atoms with Gasteiger partial charge in [-0.2, -0.15) is 8.78 Å². The second kappa shape index (κ2) is 10.3. The third-order valence-electron chi connectivity index (χ3n) is 5.63. The fourth-order valence-corrected chi connectivity index (χ4v) is 3.98. The highest BCUT2D eigenvalue weighted by Gasteiger charge is 2.21. The van der Waals surface area contributed by atoms with Crippen molar-refractivity contribution in [2.75, 3.05) is 0 Å². The van der Waals surface area contributed by atoms with Gasteiger partial charge < -0.3 is 4.74 Å². The summed E-state index contributed by atoms with van der Waals surface area (Å²) in [6.45, 7) is -0.533. The van der Waals surface area contributed by atoms with Crippen LogP contribution in [0.5, 0.6) is 5.75 Å². The highest BCUT2D eigenvalue weighted by Crippen LogP contribution is 2.37. The Labute approximate surface area is 167 Å². The fraction of sp³-hybridized carbons (Fsp3) is 0.440. The van der Waals surface area contributed by atoms with Gasteiger partial charge in [-0.05, 0) is 79.5 Å². The molecular formula is C25H28F2O. The number of hydrogen-bond acceptors (Lipinski definition) is 1. The summed E-state index contributed by atoms with van der Waals surface area (Å²) in [5.74, 6) is 7.97. The molecule has 0 N–H and O–H groups in total. The highest BCUT2D eigenvalue weighted by atomic mass is 19.3. The minimum absolute atomic E-state index is 0.148. The van der Waals surface area contributed by atoms with E-state index in [1.165, 1.54) is 62.6 Å². The van der Waals surface area contributed by atoms with Crippen molar-refractivity contribution >= 4 is 0 Å². The molecule has 0 atom stereocenters. The smallest absolute Gasteiger partial charge is 0.387 e. The predicted octanol–water partition coefficient (Wildman–Crippen LogP) is 7.15. The van der Waals surface area contributed by atoms with E-state index >= 15 is 0 Å². The van der Waals surface area contributed by atoms with Crippen molar-refractivity contribution in [3.63, 3.8) is 0 Å². The number of hydrogen-bond donors (Lipinski definition) is 0.